The zero-order valence-electron chi connectivity index (χ0n) is 9.84. The van der Waals surface area contributed by atoms with Crippen LogP contribution in [0.2, 0.25) is 0 Å². The summed E-state index contributed by atoms with van der Waals surface area (Å²) in [5.74, 6) is 0.769. The summed E-state index contributed by atoms with van der Waals surface area (Å²) in [5, 5.41) is 9.13. The maximum atomic E-state index is 9.13. The van der Waals surface area contributed by atoms with E-state index in [1.807, 2.05) is 28.8 Å². The number of methoxy groups -OCH3 is 1. The van der Waals surface area contributed by atoms with Crippen LogP contribution in [0.1, 0.15) is 11.9 Å². The molecule has 17 heavy (non-hydrogen) atoms. The molecule has 0 aliphatic carbocycles. The Bertz CT molecular complexity index is 491. The van der Waals surface area contributed by atoms with Crippen molar-refractivity contribution in [3.8, 4) is 0 Å². The van der Waals surface area contributed by atoms with Crippen molar-refractivity contribution in [2.75, 3.05) is 20.3 Å². The summed E-state index contributed by atoms with van der Waals surface area (Å²) >= 11 is 0. The standard InChI is InChI=1S/C12H17N3O2/c1-17-11(8-13)12-14-9-4-2-3-5-10(9)15(12)6-7-16/h2-5,11,16H,6-8,13H2,1H3. The Labute approximate surface area is 99.8 Å². The van der Waals surface area contributed by atoms with Crippen LogP contribution in [0.3, 0.4) is 0 Å². The molecule has 5 heteroatoms. The molecule has 5 nitrogen and oxygen atoms in total. The quantitative estimate of drug-likeness (QED) is 0.799. The second-order valence-corrected chi connectivity index (χ2v) is 3.79. The van der Waals surface area contributed by atoms with Crippen LogP contribution in [0.15, 0.2) is 24.3 Å². The second-order valence-electron chi connectivity index (χ2n) is 3.79. The van der Waals surface area contributed by atoms with Crippen molar-refractivity contribution in [1.29, 1.82) is 0 Å². The molecule has 2 rings (SSSR count). The molecular weight excluding hydrogens is 218 g/mol. The number of hydrogen-bond acceptors (Lipinski definition) is 4. The number of imidazole rings is 1. The monoisotopic (exact) mass is 235 g/mol. The number of aromatic nitrogens is 2. The highest BCUT2D eigenvalue weighted by Gasteiger charge is 2.18. The fraction of sp³-hybridized carbons (Fsp3) is 0.417. The SMILES string of the molecule is COC(CN)c1nc2ccccc2n1CCO. The molecule has 0 aliphatic heterocycles. The molecule has 0 fully saturated rings. The summed E-state index contributed by atoms with van der Waals surface area (Å²) in [5.41, 5.74) is 7.55. The van der Waals surface area contributed by atoms with Gasteiger partial charge in [0.2, 0.25) is 0 Å². The zero-order chi connectivity index (χ0) is 12.3. The molecule has 0 bridgehead atoms. The number of aliphatic hydroxyl groups excluding tert-OH is 1. The first-order valence-corrected chi connectivity index (χ1v) is 5.60. The summed E-state index contributed by atoms with van der Waals surface area (Å²) in [6.07, 6.45) is -0.242. The van der Waals surface area contributed by atoms with Gasteiger partial charge >= 0.3 is 0 Å². The predicted molar refractivity (Wildman–Crippen MR) is 65.6 cm³/mol. The van der Waals surface area contributed by atoms with E-state index in [4.69, 9.17) is 15.6 Å². The molecule has 0 amide bonds. The van der Waals surface area contributed by atoms with Crippen molar-refractivity contribution >= 4 is 11.0 Å². The average Bonchev–Trinajstić information content (AvgIpc) is 2.71. The number of fused-ring (bicyclic) bond motifs is 1. The second kappa shape index (κ2) is 5.27. The molecule has 0 saturated heterocycles. The van der Waals surface area contributed by atoms with Gasteiger partial charge in [0.25, 0.3) is 0 Å². The first-order chi connectivity index (χ1) is 8.31. The molecule has 1 heterocycles. The van der Waals surface area contributed by atoms with E-state index >= 15 is 0 Å². The Kier molecular flexibility index (Phi) is 3.73. The van der Waals surface area contributed by atoms with E-state index < -0.39 is 0 Å². The Morgan fingerprint density at radius 2 is 2.24 bits per heavy atom. The van der Waals surface area contributed by atoms with Crippen LogP contribution in [-0.4, -0.2) is 34.9 Å². The molecule has 0 aliphatic rings. The van der Waals surface area contributed by atoms with Crippen LogP contribution in [0.25, 0.3) is 11.0 Å². The Balaban J connectivity index is 2.56. The molecule has 0 radical (unpaired) electrons. The summed E-state index contributed by atoms with van der Waals surface area (Å²) in [6, 6.07) is 7.80. The topological polar surface area (TPSA) is 73.3 Å². The maximum Gasteiger partial charge on any atom is 0.140 e. The molecule has 0 saturated carbocycles. The van der Waals surface area contributed by atoms with Gasteiger partial charge in [0.05, 0.1) is 17.6 Å². The third kappa shape index (κ3) is 2.17. The highest BCUT2D eigenvalue weighted by Crippen LogP contribution is 2.21. The lowest BCUT2D eigenvalue weighted by Crippen LogP contribution is -2.19. The summed E-state index contributed by atoms with van der Waals surface area (Å²) in [6.45, 7) is 0.926. The average molecular weight is 235 g/mol. The maximum absolute atomic E-state index is 9.13. The van der Waals surface area contributed by atoms with Gasteiger partial charge in [0.1, 0.15) is 11.9 Å². The molecule has 2 aromatic rings. The Morgan fingerprint density at radius 1 is 1.47 bits per heavy atom. The molecule has 1 aromatic heterocycles. The van der Waals surface area contributed by atoms with Crippen molar-refractivity contribution in [1.82, 2.24) is 9.55 Å². The van der Waals surface area contributed by atoms with Gasteiger partial charge in [0, 0.05) is 20.2 Å². The minimum absolute atomic E-state index is 0.0638. The summed E-state index contributed by atoms with van der Waals surface area (Å²) in [4.78, 5) is 4.52. The van der Waals surface area contributed by atoms with Crippen LogP contribution >= 0.6 is 0 Å². The smallest absolute Gasteiger partial charge is 0.140 e. The molecule has 1 atom stereocenters. The Morgan fingerprint density at radius 3 is 2.88 bits per heavy atom. The van der Waals surface area contributed by atoms with E-state index in [1.54, 1.807) is 7.11 Å². The number of rotatable bonds is 5. The van der Waals surface area contributed by atoms with Gasteiger partial charge in [0.15, 0.2) is 0 Å². The van der Waals surface area contributed by atoms with Crippen molar-refractivity contribution in [3.63, 3.8) is 0 Å². The third-order valence-electron chi connectivity index (χ3n) is 2.79. The van der Waals surface area contributed by atoms with Gasteiger partial charge in [-0.05, 0) is 12.1 Å². The van der Waals surface area contributed by atoms with Crippen molar-refractivity contribution in [2.24, 2.45) is 5.73 Å². The minimum Gasteiger partial charge on any atom is -0.395 e. The number of hydrogen-bond donors (Lipinski definition) is 2. The van der Waals surface area contributed by atoms with Crippen LogP contribution < -0.4 is 5.73 Å². The van der Waals surface area contributed by atoms with Gasteiger partial charge in [-0.1, -0.05) is 12.1 Å². The first-order valence-electron chi connectivity index (χ1n) is 5.60. The lowest BCUT2D eigenvalue weighted by Gasteiger charge is -2.14. The van der Waals surface area contributed by atoms with Crippen LogP contribution in [0.4, 0.5) is 0 Å². The summed E-state index contributed by atoms with van der Waals surface area (Å²) < 4.78 is 7.27. The molecule has 1 unspecified atom stereocenters. The molecule has 92 valence electrons. The van der Waals surface area contributed by atoms with Crippen LogP contribution in [0.5, 0.6) is 0 Å². The lowest BCUT2D eigenvalue weighted by molar-refractivity contribution is 0.0990. The number of benzene rings is 1. The van der Waals surface area contributed by atoms with E-state index in [-0.39, 0.29) is 12.7 Å². The number of nitrogens with zero attached hydrogens (tertiary/aromatic N) is 2. The van der Waals surface area contributed by atoms with Crippen LogP contribution in [-0.2, 0) is 11.3 Å². The summed E-state index contributed by atoms with van der Waals surface area (Å²) in [7, 11) is 1.61. The Hall–Kier alpha value is -1.43. The van der Waals surface area contributed by atoms with Gasteiger partial charge in [-0.2, -0.15) is 0 Å². The molecular formula is C12H17N3O2. The largest absolute Gasteiger partial charge is 0.395 e. The van der Waals surface area contributed by atoms with E-state index in [0.717, 1.165) is 16.9 Å². The van der Waals surface area contributed by atoms with E-state index in [0.29, 0.717) is 13.1 Å². The highest BCUT2D eigenvalue weighted by molar-refractivity contribution is 5.76. The zero-order valence-corrected chi connectivity index (χ0v) is 9.84. The number of para-hydroxylation sites is 2. The van der Waals surface area contributed by atoms with Gasteiger partial charge in [-0.3, -0.25) is 0 Å². The van der Waals surface area contributed by atoms with Crippen molar-refractivity contribution in [2.45, 2.75) is 12.6 Å². The van der Waals surface area contributed by atoms with E-state index in [9.17, 15) is 0 Å². The predicted octanol–water partition coefficient (Wildman–Crippen LogP) is 0.675. The van der Waals surface area contributed by atoms with Gasteiger partial charge in [-0.25, -0.2) is 4.98 Å². The number of aliphatic hydroxyl groups is 1. The number of nitrogens with two attached hydrogens (primary N) is 1. The molecule has 0 spiro atoms. The fourth-order valence-corrected chi connectivity index (χ4v) is 1.98. The van der Waals surface area contributed by atoms with Crippen molar-refractivity contribution < 1.29 is 9.84 Å². The van der Waals surface area contributed by atoms with Gasteiger partial charge in [-0.15, -0.1) is 0 Å². The minimum atomic E-state index is -0.242. The van der Waals surface area contributed by atoms with Crippen LogP contribution in [0, 0.1) is 0 Å². The third-order valence-corrected chi connectivity index (χ3v) is 2.79. The van der Waals surface area contributed by atoms with Crippen molar-refractivity contribution in [3.05, 3.63) is 30.1 Å². The van der Waals surface area contributed by atoms with Gasteiger partial charge < -0.3 is 20.1 Å². The molecule has 1 aromatic carbocycles. The molecule has 3 N–H and O–H groups in total. The fourth-order valence-electron chi connectivity index (χ4n) is 1.98. The number of ether oxygens (including phenoxy) is 1. The highest BCUT2D eigenvalue weighted by atomic mass is 16.5. The first kappa shape index (κ1) is 12.0. The normalized spacial score (nSPS) is 13.1. The van der Waals surface area contributed by atoms with E-state index in [2.05, 4.69) is 4.98 Å². The lowest BCUT2D eigenvalue weighted by atomic mass is 10.3. The van der Waals surface area contributed by atoms with E-state index in [1.165, 1.54) is 0 Å².